The third kappa shape index (κ3) is 3.11. The van der Waals surface area contributed by atoms with Gasteiger partial charge < -0.3 is 4.74 Å². The Hall–Kier alpha value is -1.03. The van der Waals surface area contributed by atoms with Crippen LogP contribution in [0.1, 0.15) is 15.9 Å². The van der Waals surface area contributed by atoms with Crippen LogP contribution in [-0.4, -0.2) is 12.9 Å². The van der Waals surface area contributed by atoms with Gasteiger partial charge in [0.1, 0.15) is 5.75 Å². The van der Waals surface area contributed by atoms with E-state index in [9.17, 15) is 4.79 Å². The normalized spacial score (nSPS) is 10.3. The summed E-state index contributed by atoms with van der Waals surface area (Å²) < 4.78 is 5.73. The molecule has 5 heteroatoms. The van der Waals surface area contributed by atoms with E-state index in [1.165, 1.54) is 0 Å². The standard InChI is InChI=1S/C14H9BrCl2O2/c1-19-9-3-4-10(13(17)7-9)14(18)11-6-8(16)2-5-12(11)15/h2-7H,1H3. The second-order valence-corrected chi connectivity index (χ2v) is 5.50. The average molecular weight is 360 g/mol. The van der Waals surface area contributed by atoms with Gasteiger partial charge in [0.25, 0.3) is 0 Å². The van der Waals surface area contributed by atoms with E-state index in [1.807, 2.05) is 0 Å². The third-order valence-electron chi connectivity index (χ3n) is 2.59. The summed E-state index contributed by atoms with van der Waals surface area (Å²) in [6.45, 7) is 0. The molecule has 2 aromatic carbocycles. The van der Waals surface area contributed by atoms with Crippen molar-refractivity contribution in [1.82, 2.24) is 0 Å². The van der Waals surface area contributed by atoms with E-state index in [4.69, 9.17) is 27.9 Å². The molecular weight excluding hydrogens is 351 g/mol. The molecule has 98 valence electrons. The Balaban J connectivity index is 2.47. The van der Waals surface area contributed by atoms with Gasteiger partial charge in [-0.2, -0.15) is 0 Å². The highest BCUT2D eigenvalue weighted by Crippen LogP contribution is 2.28. The van der Waals surface area contributed by atoms with Crippen LogP contribution < -0.4 is 4.74 Å². The number of ketones is 1. The maximum Gasteiger partial charge on any atom is 0.195 e. The van der Waals surface area contributed by atoms with E-state index in [0.717, 1.165) is 0 Å². The molecule has 0 amide bonds. The van der Waals surface area contributed by atoms with Crippen LogP contribution in [0.2, 0.25) is 10.0 Å². The SMILES string of the molecule is COc1ccc(C(=O)c2cc(Cl)ccc2Br)c(Cl)c1. The molecule has 0 aliphatic rings. The molecule has 19 heavy (non-hydrogen) atoms. The van der Waals surface area contributed by atoms with Crippen LogP contribution in [-0.2, 0) is 0 Å². The lowest BCUT2D eigenvalue weighted by molar-refractivity contribution is 0.103. The van der Waals surface area contributed by atoms with Crippen molar-refractivity contribution in [3.63, 3.8) is 0 Å². The number of hydrogen-bond acceptors (Lipinski definition) is 2. The molecule has 0 aromatic heterocycles. The molecule has 0 N–H and O–H groups in total. The first-order chi connectivity index (χ1) is 9.02. The Morgan fingerprint density at radius 2 is 1.84 bits per heavy atom. The lowest BCUT2D eigenvalue weighted by Crippen LogP contribution is -2.03. The molecule has 0 fully saturated rings. The fraction of sp³-hybridized carbons (Fsp3) is 0.0714. The van der Waals surface area contributed by atoms with E-state index in [0.29, 0.717) is 31.4 Å². The van der Waals surface area contributed by atoms with Crippen LogP contribution in [0.5, 0.6) is 5.75 Å². The van der Waals surface area contributed by atoms with Gasteiger partial charge >= 0.3 is 0 Å². The van der Waals surface area contributed by atoms with Crippen molar-refractivity contribution in [2.75, 3.05) is 7.11 Å². The van der Waals surface area contributed by atoms with E-state index in [1.54, 1.807) is 43.5 Å². The summed E-state index contributed by atoms with van der Waals surface area (Å²) in [6, 6.07) is 9.97. The molecule has 0 bridgehead atoms. The fourth-order valence-electron chi connectivity index (χ4n) is 1.62. The van der Waals surface area contributed by atoms with Crippen LogP contribution in [0.25, 0.3) is 0 Å². The molecule has 2 aromatic rings. The highest BCUT2D eigenvalue weighted by molar-refractivity contribution is 9.10. The first kappa shape index (κ1) is 14.4. The summed E-state index contributed by atoms with van der Waals surface area (Å²) in [4.78, 5) is 12.4. The van der Waals surface area contributed by atoms with Gasteiger partial charge in [0.2, 0.25) is 0 Å². The maximum atomic E-state index is 12.4. The summed E-state index contributed by atoms with van der Waals surface area (Å²) in [7, 11) is 1.54. The van der Waals surface area contributed by atoms with Crippen LogP contribution in [0.3, 0.4) is 0 Å². The summed E-state index contributed by atoms with van der Waals surface area (Å²) in [5.74, 6) is 0.411. The molecule has 0 unspecified atom stereocenters. The molecule has 0 heterocycles. The molecule has 0 radical (unpaired) electrons. The zero-order chi connectivity index (χ0) is 14.0. The quantitative estimate of drug-likeness (QED) is 0.721. The van der Waals surface area contributed by atoms with Gasteiger partial charge in [-0.25, -0.2) is 0 Å². The van der Waals surface area contributed by atoms with Crippen molar-refractivity contribution < 1.29 is 9.53 Å². The Morgan fingerprint density at radius 1 is 1.11 bits per heavy atom. The van der Waals surface area contributed by atoms with E-state index >= 15 is 0 Å². The zero-order valence-electron chi connectivity index (χ0n) is 9.91. The lowest BCUT2D eigenvalue weighted by Gasteiger charge is -2.08. The van der Waals surface area contributed by atoms with Crippen molar-refractivity contribution in [2.45, 2.75) is 0 Å². The van der Waals surface area contributed by atoms with Crippen LogP contribution in [0.4, 0.5) is 0 Å². The number of carbonyl (C=O) groups is 1. The highest BCUT2D eigenvalue weighted by Gasteiger charge is 2.16. The fourth-order valence-corrected chi connectivity index (χ4v) is 2.48. The summed E-state index contributed by atoms with van der Waals surface area (Å²) in [5.41, 5.74) is 0.880. The molecule has 2 rings (SSSR count). The summed E-state index contributed by atoms with van der Waals surface area (Å²) in [6.07, 6.45) is 0. The Morgan fingerprint density at radius 3 is 2.47 bits per heavy atom. The number of rotatable bonds is 3. The van der Waals surface area contributed by atoms with Crippen LogP contribution >= 0.6 is 39.1 Å². The van der Waals surface area contributed by atoms with Gasteiger partial charge in [0.05, 0.1) is 12.1 Å². The molecule has 0 atom stereocenters. The van der Waals surface area contributed by atoms with Crippen LogP contribution in [0, 0.1) is 0 Å². The van der Waals surface area contributed by atoms with Crippen molar-refractivity contribution >= 4 is 44.9 Å². The zero-order valence-corrected chi connectivity index (χ0v) is 13.0. The maximum absolute atomic E-state index is 12.4. The van der Waals surface area contributed by atoms with Crippen molar-refractivity contribution in [3.8, 4) is 5.75 Å². The number of ether oxygens (including phenoxy) is 1. The van der Waals surface area contributed by atoms with Gasteiger partial charge in [0.15, 0.2) is 5.78 Å². The van der Waals surface area contributed by atoms with Gasteiger partial charge in [0, 0.05) is 20.6 Å². The Labute approximate surface area is 129 Å². The van der Waals surface area contributed by atoms with Crippen molar-refractivity contribution in [1.29, 1.82) is 0 Å². The van der Waals surface area contributed by atoms with Crippen molar-refractivity contribution in [3.05, 3.63) is 62.0 Å². The number of hydrogen-bond donors (Lipinski definition) is 0. The molecule has 0 aliphatic carbocycles. The largest absolute Gasteiger partial charge is 0.497 e. The van der Waals surface area contributed by atoms with Gasteiger partial charge in [-0.3, -0.25) is 4.79 Å². The molecule has 0 saturated heterocycles. The summed E-state index contributed by atoms with van der Waals surface area (Å²) in [5, 5.41) is 0.840. The number of benzene rings is 2. The first-order valence-electron chi connectivity index (χ1n) is 5.36. The van der Waals surface area contributed by atoms with Crippen LogP contribution in [0.15, 0.2) is 40.9 Å². The third-order valence-corrected chi connectivity index (χ3v) is 3.83. The van der Waals surface area contributed by atoms with E-state index in [2.05, 4.69) is 15.9 Å². The minimum atomic E-state index is -0.193. The van der Waals surface area contributed by atoms with Gasteiger partial charge in [-0.15, -0.1) is 0 Å². The Bertz CT molecular complexity index is 641. The van der Waals surface area contributed by atoms with Crippen molar-refractivity contribution in [2.24, 2.45) is 0 Å². The average Bonchev–Trinajstić information content (AvgIpc) is 2.40. The number of halogens is 3. The number of carbonyl (C=O) groups excluding carboxylic acids is 1. The Kier molecular flexibility index (Phi) is 4.50. The molecule has 2 nitrogen and oxygen atoms in total. The minimum Gasteiger partial charge on any atom is -0.497 e. The van der Waals surface area contributed by atoms with Gasteiger partial charge in [-0.1, -0.05) is 39.1 Å². The topological polar surface area (TPSA) is 26.3 Å². The minimum absolute atomic E-state index is 0.193. The first-order valence-corrected chi connectivity index (χ1v) is 6.91. The second kappa shape index (κ2) is 5.95. The molecule has 0 spiro atoms. The predicted molar refractivity (Wildman–Crippen MR) is 80.6 cm³/mol. The second-order valence-electron chi connectivity index (χ2n) is 3.80. The molecular formula is C14H9BrCl2O2. The summed E-state index contributed by atoms with van der Waals surface area (Å²) >= 11 is 15.3. The molecule has 0 aliphatic heterocycles. The van der Waals surface area contributed by atoms with E-state index < -0.39 is 0 Å². The molecule has 0 saturated carbocycles. The smallest absolute Gasteiger partial charge is 0.195 e. The lowest BCUT2D eigenvalue weighted by atomic mass is 10.0. The highest BCUT2D eigenvalue weighted by atomic mass is 79.9. The van der Waals surface area contributed by atoms with E-state index in [-0.39, 0.29) is 5.78 Å². The predicted octanol–water partition coefficient (Wildman–Crippen LogP) is 5.00. The number of methoxy groups -OCH3 is 1. The van der Waals surface area contributed by atoms with Gasteiger partial charge in [-0.05, 0) is 36.4 Å². The monoisotopic (exact) mass is 358 g/mol.